The molecule has 0 aromatic heterocycles. The lowest BCUT2D eigenvalue weighted by Gasteiger charge is -2.15. The molecule has 3 nitrogen and oxygen atoms in total. The summed E-state index contributed by atoms with van der Waals surface area (Å²) in [6, 6.07) is 14.9. The minimum Gasteiger partial charge on any atom is -0.508 e. The highest BCUT2D eigenvalue weighted by molar-refractivity contribution is 5.67. The maximum atomic E-state index is 9.51. The molecular weight excluding hydrogens is 226 g/mol. The second-order valence-corrected chi connectivity index (χ2v) is 4.34. The fraction of sp³-hybridized carbons (Fsp3) is 0.200. The van der Waals surface area contributed by atoms with Crippen LogP contribution in [0.5, 0.6) is 11.5 Å². The van der Waals surface area contributed by atoms with Crippen LogP contribution in [0, 0.1) is 0 Å². The van der Waals surface area contributed by atoms with Gasteiger partial charge in [0.25, 0.3) is 0 Å². The average Bonchev–Trinajstić information content (AvgIpc) is 2.33. The summed E-state index contributed by atoms with van der Waals surface area (Å²) in [5, 5.41) is 12.8. The van der Waals surface area contributed by atoms with Crippen molar-refractivity contribution in [1.82, 2.24) is 0 Å². The number of para-hydroxylation sites is 1. The lowest BCUT2D eigenvalue weighted by atomic mass is 10.2. The fourth-order valence-corrected chi connectivity index (χ4v) is 1.64. The van der Waals surface area contributed by atoms with Crippen LogP contribution in [-0.4, -0.2) is 11.2 Å². The number of anilines is 2. The minimum absolute atomic E-state index is 0.0584. The molecular formula is C15H17NO2. The topological polar surface area (TPSA) is 41.5 Å². The van der Waals surface area contributed by atoms with Crippen LogP contribution in [-0.2, 0) is 0 Å². The molecule has 0 spiro atoms. The minimum atomic E-state index is 0.0584. The lowest BCUT2D eigenvalue weighted by Crippen LogP contribution is -2.07. The van der Waals surface area contributed by atoms with E-state index in [1.54, 1.807) is 18.2 Å². The van der Waals surface area contributed by atoms with Crippen molar-refractivity contribution >= 4 is 11.4 Å². The zero-order chi connectivity index (χ0) is 13.0. The second-order valence-electron chi connectivity index (χ2n) is 4.34. The third-order valence-electron chi connectivity index (χ3n) is 2.38. The number of aromatic hydroxyl groups is 1. The molecule has 0 saturated heterocycles. The van der Waals surface area contributed by atoms with Crippen molar-refractivity contribution in [3.05, 3.63) is 48.5 Å². The molecule has 0 heterocycles. The molecule has 2 N–H and O–H groups in total. The van der Waals surface area contributed by atoms with Crippen molar-refractivity contribution in [1.29, 1.82) is 0 Å². The van der Waals surface area contributed by atoms with E-state index in [0.29, 0.717) is 5.75 Å². The number of hydrogen-bond donors (Lipinski definition) is 2. The first-order chi connectivity index (χ1) is 8.65. The molecule has 0 amide bonds. The Morgan fingerprint density at radius 3 is 2.44 bits per heavy atom. The van der Waals surface area contributed by atoms with Gasteiger partial charge >= 0.3 is 0 Å². The highest BCUT2D eigenvalue weighted by Gasteiger charge is 2.07. The van der Waals surface area contributed by atoms with E-state index in [0.717, 1.165) is 11.4 Å². The largest absolute Gasteiger partial charge is 0.508 e. The molecule has 0 fully saturated rings. The lowest BCUT2D eigenvalue weighted by molar-refractivity contribution is 0.243. The van der Waals surface area contributed by atoms with E-state index in [1.165, 1.54) is 0 Å². The highest BCUT2D eigenvalue weighted by atomic mass is 16.5. The molecule has 0 unspecified atom stereocenters. The number of benzene rings is 2. The molecule has 2 rings (SSSR count). The number of hydrogen-bond acceptors (Lipinski definition) is 3. The molecule has 2 aromatic rings. The van der Waals surface area contributed by atoms with E-state index >= 15 is 0 Å². The number of rotatable bonds is 4. The Balaban J connectivity index is 2.26. The maximum Gasteiger partial charge on any atom is 0.146 e. The molecule has 0 bridgehead atoms. The third kappa shape index (κ3) is 3.17. The van der Waals surface area contributed by atoms with Gasteiger partial charge < -0.3 is 15.2 Å². The van der Waals surface area contributed by atoms with Gasteiger partial charge in [0.05, 0.1) is 11.8 Å². The predicted molar refractivity (Wildman–Crippen MR) is 73.6 cm³/mol. The molecule has 94 valence electrons. The van der Waals surface area contributed by atoms with Crippen LogP contribution >= 0.6 is 0 Å². The van der Waals surface area contributed by atoms with Gasteiger partial charge in [-0.25, -0.2) is 0 Å². The summed E-state index contributed by atoms with van der Waals surface area (Å²) in [5.74, 6) is 0.845. The predicted octanol–water partition coefficient (Wildman–Crippen LogP) is 3.92. The van der Waals surface area contributed by atoms with Gasteiger partial charge in [-0.3, -0.25) is 0 Å². The van der Waals surface area contributed by atoms with Crippen LogP contribution in [0.25, 0.3) is 0 Å². The number of ether oxygens (including phenoxy) is 1. The second kappa shape index (κ2) is 5.45. The van der Waals surface area contributed by atoms with E-state index in [9.17, 15) is 5.11 Å². The number of phenolic OH excluding ortho intramolecular Hbond substituents is 1. The Morgan fingerprint density at radius 1 is 1.06 bits per heavy atom. The van der Waals surface area contributed by atoms with Gasteiger partial charge in [0.15, 0.2) is 0 Å². The van der Waals surface area contributed by atoms with Crippen LogP contribution in [0.4, 0.5) is 11.4 Å². The Labute approximate surface area is 107 Å². The van der Waals surface area contributed by atoms with Crippen molar-refractivity contribution in [2.75, 3.05) is 5.32 Å². The smallest absolute Gasteiger partial charge is 0.146 e. The van der Waals surface area contributed by atoms with E-state index in [1.807, 2.05) is 44.2 Å². The van der Waals surface area contributed by atoms with Gasteiger partial charge in [-0.2, -0.15) is 0 Å². The van der Waals surface area contributed by atoms with Crippen molar-refractivity contribution in [2.45, 2.75) is 20.0 Å². The quantitative estimate of drug-likeness (QED) is 0.800. The number of nitrogens with one attached hydrogen (secondary N) is 1. The Bertz CT molecular complexity index is 509. The summed E-state index contributed by atoms with van der Waals surface area (Å²) in [6.07, 6.45) is 0.0584. The summed E-state index contributed by atoms with van der Waals surface area (Å²) < 4.78 is 5.68. The summed E-state index contributed by atoms with van der Waals surface area (Å²) in [5.41, 5.74) is 1.82. The molecule has 0 aliphatic carbocycles. The molecule has 2 aromatic carbocycles. The van der Waals surface area contributed by atoms with Crippen molar-refractivity contribution < 1.29 is 9.84 Å². The zero-order valence-electron chi connectivity index (χ0n) is 10.6. The summed E-state index contributed by atoms with van der Waals surface area (Å²) in [4.78, 5) is 0. The van der Waals surface area contributed by atoms with E-state index in [-0.39, 0.29) is 11.9 Å². The standard InChI is InChI=1S/C15H17NO2/c1-11(2)18-15-10-13(17)8-9-14(15)16-12-6-4-3-5-7-12/h3-11,16-17H,1-2H3. The molecule has 3 heteroatoms. The van der Waals surface area contributed by atoms with Crippen LogP contribution in [0.1, 0.15) is 13.8 Å². The van der Waals surface area contributed by atoms with E-state index < -0.39 is 0 Å². The van der Waals surface area contributed by atoms with Crippen molar-refractivity contribution in [2.24, 2.45) is 0 Å². The SMILES string of the molecule is CC(C)Oc1cc(O)ccc1Nc1ccccc1. The van der Waals surface area contributed by atoms with Crippen molar-refractivity contribution in [3.8, 4) is 11.5 Å². The first kappa shape index (κ1) is 12.3. The summed E-state index contributed by atoms with van der Waals surface area (Å²) >= 11 is 0. The molecule has 0 saturated carbocycles. The van der Waals surface area contributed by atoms with Gasteiger partial charge in [-0.1, -0.05) is 18.2 Å². The molecule has 0 radical (unpaired) electrons. The zero-order valence-corrected chi connectivity index (χ0v) is 10.6. The summed E-state index contributed by atoms with van der Waals surface area (Å²) in [6.45, 7) is 3.91. The Hall–Kier alpha value is -2.16. The van der Waals surface area contributed by atoms with Crippen LogP contribution < -0.4 is 10.1 Å². The van der Waals surface area contributed by atoms with Gasteiger partial charge in [-0.15, -0.1) is 0 Å². The average molecular weight is 243 g/mol. The fourth-order valence-electron chi connectivity index (χ4n) is 1.64. The van der Waals surface area contributed by atoms with Crippen molar-refractivity contribution in [3.63, 3.8) is 0 Å². The van der Waals surface area contributed by atoms with Gasteiger partial charge in [0.2, 0.25) is 0 Å². The van der Waals surface area contributed by atoms with E-state index in [2.05, 4.69) is 5.32 Å². The Morgan fingerprint density at radius 2 is 1.78 bits per heavy atom. The third-order valence-corrected chi connectivity index (χ3v) is 2.38. The normalized spacial score (nSPS) is 10.4. The highest BCUT2D eigenvalue weighted by Crippen LogP contribution is 2.31. The number of phenols is 1. The van der Waals surface area contributed by atoms with Gasteiger partial charge in [0.1, 0.15) is 11.5 Å². The van der Waals surface area contributed by atoms with Crippen LogP contribution in [0.3, 0.4) is 0 Å². The van der Waals surface area contributed by atoms with E-state index in [4.69, 9.17) is 4.74 Å². The molecule has 18 heavy (non-hydrogen) atoms. The first-order valence-electron chi connectivity index (χ1n) is 5.97. The Kier molecular flexibility index (Phi) is 3.72. The molecule has 0 atom stereocenters. The first-order valence-corrected chi connectivity index (χ1v) is 5.97. The van der Waals surface area contributed by atoms with Crippen LogP contribution in [0.2, 0.25) is 0 Å². The molecule has 0 aliphatic heterocycles. The monoisotopic (exact) mass is 243 g/mol. The van der Waals surface area contributed by atoms with Gasteiger partial charge in [0, 0.05) is 11.8 Å². The summed E-state index contributed by atoms with van der Waals surface area (Å²) in [7, 11) is 0. The molecule has 0 aliphatic rings. The maximum absolute atomic E-state index is 9.51. The van der Waals surface area contributed by atoms with Gasteiger partial charge in [-0.05, 0) is 38.1 Å². The van der Waals surface area contributed by atoms with Crippen LogP contribution in [0.15, 0.2) is 48.5 Å².